The molecule has 7 nitrogen and oxygen atoms in total. The highest BCUT2D eigenvalue weighted by Gasteiger charge is 2.23. The lowest BCUT2D eigenvalue weighted by Gasteiger charge is -2.35. The summed E-state index contributed by atoms with van der Waals surface area (Å²) in [5.41, 5.74) is 0. The molecule has 2 heterocycles. The zero-order valence-electron chi connectivity index (χ0n) is 14.0. The number of ether oxygens (including phenoxy) is 1. The molecule has 0 radical (unpaired) electrons. The van der Waals surface area contributed by atoms with Gasteiger partial charge in [0, 0.05) is 57.3 Å². The molecule has 1 aromatic heterocycles. The summed E-state index contributed by atoms with van der Waals surface area (Å²) in [6.45, 7) is 7.94. The van der Waals surface area contributed by atoms with Gasteiger partial charge in [0.2, 0.25) is 0 Å². The molecule has 1 amide bonds. The number of hydrogen-bond acceptors (Lipinski definition) is 5. The predicted octanol–water partition coefficient (Wildman–Crippen LogP) is 1.34. The summed E-state index contributed by atoms with van der Waals surface area (Å²) >= 11 is 1.73. The lowest BCUT2D eigenvalue weighted by molar-refractivity contribution is 0.0915. The van der Waals surface area contributed by atoms with Crippen LogP contribution in [0, 0.1) is 6.92 Å². The Balaban J connectivity index is 1.75. The quantitative estimate of drug-likeness (QED) is 0.662. The lowest BCUT2D eigenvalue weighted by atomic mass is 10.3. The van der Waals surface area contributed by atoms with E-state index in [0.29, 0.717) is 19.7 Å². The normalized spacial score (nSPS) is 15.7. The molecule has 128 valence electrons. The summed E-state index contributed by atoms with van der Waals surface area (Å²) < 4.78 is 5.04. The largest absolute Gasteiger partial charge is 0.450 e. The first-order chi connectivity index (χ1) is 11.1. The number of carbonyl (C=O) groups excluding carboxylic acids is 1. The van der Waals surface area contributed by atoms with Gasteiger partial charge in [-0.3, -0.25) is 4.99 Å². The van der Waals surface area contributed by atoms with Crippen LogP contribution in [0.3, 0.4) is 0 Å². The molecule has 0 aromatic carbocycles. The van der Waals surface area contributed by atoms with E-state index in [1.54, 1.807) is 23.3 Å². The predicted molar refractivity (Wildman–Crippen MR) is 92.1 cm³/mol. The Morgan fingerprint density at radius 1 is 1.39 bits per heavy atom. The van der Waals surface area contributed by atoms with Crippen LogP contribution in [-0.4, -0.2) is 73.2 Å². The van der Waals surface area contributed by atoms with E-state index in [2.05, 4.69) is 27.1 Å². The molecule has 0 saturated carbocycles. The van der Waals surface area contributed by atoms with Gasteiger partial charge in [0.25, 0.3) is 0 Å². The number of aliphatic imine (C=N–C) groups is 1. The van der Waals surface area contributed by atoms with E-state index in [4.69, 9.17) is 4.74 Å². The minimum absolute atomic E-state index is 0.228. The maximum absolute atomic E-state index is 11.7. The molecule has 1 fully saturated rings. The summed E-state index contributed by atoms with van der Waals surface area (Å²) in [6, 6.07) is 0. The van der Waals surface area contributed by atoms with Gasteiger partial charge in [-0.25, -0.2) is 9.78 Å². The highest BCUT2D eigenvalue weighted by Crippen LogP contribution is 2.11. The maximum Gasteiger partial charge on any atom is 0.409 e. The molecule has 1 aliphatic heterocycles. The van der Waals surface area contributed by atoms with Crippen molar-refractivity contribution in [3.8, 4) is 0 Å². The molecule has 0 unspecified atom stereocenters. The third-order valence-corrected chi connectivity index (χ3v) is 4.58. The van der Waals surface area contributed by atoms with Crippen LogP contribution < -0.4 is 5.32 Å². The molecule has 0 spiro atoms. The Hall–Kier alpha value is -1.83. The van der Waals surface area contributed by atoms with Crippen molar-refractivity contribution in [1.29, 1.82) is 0 Å². The summed E-state index contributed by atoms with van der Waals surface area (Å²) in [4.78, 5) is 25.6. The zero-order valence-corrected chi connectivity index (χ0v) is 14.9. The minimum Gasteiger partial charge on any atom is -0.450 e. The van der Waals surface area contributed by atoms with Gasteiger partial charge in [0.1, 0.15) is 0 Å². The number of aryl methyl sites for hydroxylation is 1. The fourth-order valence-corrected chi connectivity index (χ4v) is 3.23. The van der Waals surface area contributed by atoms with Gasteiger partial charge in [-0.2, -0.15) is 0 Å². The first-order valence-corrected chi connectivity index (χ1v) is 8.74. The molecule has 0 bridgehead atoms. The van der Waals surface area contributed by atoms with Crippen LogP contribution in [-0.2, 0) is 11.2 Å². The van der Waals surface area contributed by atoms with E-state index in [-0.39, 0.29) is 6.09 Å². The number of piperazine rings is 1. The monoisotopic (exact) mass is 339 g/mol. The van der Waals surface area contributed by atoms with Crippen molar-refractivity contribution in [1.82, 2.24) is 20.1 Å². The maximum atomic E-state index is 11.7. The number of amides is 1. The number of thiazole rings is 1. The van der Waals surface area contributed by atoms with Gasteiger partial charge in [-0.05, 0) is 13.8 Å². The highest BCUT2D eigenvalue weighted by atomic mass is 32.1. The van der Waals surface area contributed by atoms with Gasteiger partial charge in [0.05, 0.1) is 11.6 Å². The smallest absolute Gasteiger partial charge is 0.409 e. The second kappa shape index (κ2) is 8.71. The third kappa shape index (κ3) is 5.09. The average molecular weight is 339 g/mol. The van der Waals surface area contributed by atoms with E-state index in [9.17, 15) is 4.79 Å². The van der Waals surface area contributed by atoms with Gasteiger partial charge < -0.3 is 19.9 Å². The number of nitrogens with one attached hydrogen (secondary N) is 1. The molecular formula is C15H25N5O2S. The van der Waals surface area contributed by atoms with Gasteiger partial charge >= 0.3 is 6.09 Å². The summed E-state index contributed by atoms with van der Waals surface area (Å²) in [6.07, 6.45) is 2.57. The first kappa shape index (κ1) is 17.5. The first-order valence-electron chi connectivity index (χ1n) is 7.92. The van der Waals surface area contributed by atoms with Crippen LogP contribution in [0.2, 0.25) is 0 Å². The van der Waals surface area contributed by atoms with Crippen molar-refractivity contribution in [2.45, 2.75) is 20.3 Å². The molecule has 0 atom stereocenters. The molecule has 1 aromatic rings. The zero-order chi connectivity index (χ0) is 16.7. The van der Waals surface area contributed by atoms with Gasteiger partial charge in [-0.15, -0.1) is 11.3 Å². The Labute approximate surface area is 141 Å². The van der Waals surface area contributed by atoms with Crippen LogP contribution in [0.4, 0.5) is 4.79 Å². The average Bonchev–Trinajstić information content (AvgIpc) is 2.97. The second-order valence-corrected chi connectivity index (χ2v) is 6.58. The van der Waals surface area contributed by atoms with Crippen LogP contribution in [0.5, 0.6) is 0 Å². The molecule has 2 rings (SSSR count). The van der Waals surface area contributed by atoms with Gasteiger partial charge in [-0.1, -0.05) is 0 Å². The number of nitrogens with zero attached hydrogens (tertiary/aromatic N) is 4. The number of guanidine groups is 1. The number of carbonyl (C=O) groups is 1. The van der Waals surface area contributed by atoms with Crippen molar-refractivity contribution < 1.29 is 9.53 Å². The van der Waals surface area contributed by atoms with Crippen molar-refractivity contribution >= 4 is 23.4 Å². The number of rotatable bonds is 4. The van der Waals surface area contributed by atoms with E-state index < -0.39 is 0 Å². The molecule has 1 N–H and O–H groups in total. The van der Waals surface area contributed by atoms with E-state index >= 15 is 0 Å². The standard InChI is InChI=1S/C15H25N5O2S/c1-4-22-15(21)20-9-7-19(8-10-20)14(16-3)17-6-5-13-18-11-12(2)23-13/h11H,4-10H2,1-3H3,(H,16,17). The molecule has 0 aliphatic carbocycles. The molecular weight excluding hydrogens is 314 g/mol. The van der Waals surface area contributed by atoms with Crippen molar-refractivity contribution in [2.75, 3.05) is 46.4 Å². The highest BCUT2D eigenvalue weighted by molar-refractivity contribution is 7.11. The minimum atomic E-state index is -0.228. The fourth-order valence-electron chi connectivity index (χ4n) is 2.45. The number of hydrogen-bond donors (Lipinski definition) is 1. The van der Waals surface area contributed by atoms with E-state index in [1.165, 1.54) is 4.88 Å². The van der Waals surface area contributed by atoms with Crippen LogP contribution in [0.15, 0.2) is 11.2 Å². The SMILES string of the molecule is CCOC(=O)N1CCN(C(=NC)NCCc2ncc(C)s2)CC1. The fraction of sp³-hybridized carbons (Fsp3) is 0.667. The molecule has 8 heteroatoms. The Morgan fingerprint density at radius 3 is 2.65 bits per heavy atom. The Kier molecular flexibility index (Phi) is 6.64. The lowest BCUT2D eigenvalue weighted by Crippen LogP contribution is -2.54. The Morgan fingerprint density at radius 2 is 2.09 bits per heavy atom. The third-order valence-electron chi connectivity index (χ3n) is 3.61. The van der Waals surface area contributed by atoms with E-state index in [0.717, 1.165) is 37.0 Å². The van der Waals surface area contributed by atoms with Crippen LogP contribution >= 0.6 is 11.3 Å². The van der Waals surface area contributed by atoms with Gasteiger partial charge in [0.15, 0.2) is 5.96 Å². The van der Waals surface area contributed by atoms with Crippen LogP contribution in [0.1, 0.15) is 16.8 Å². The summed E-state index contributed by atoms with van der Waals surface area (Å²) in [7, 11) is 1.79. The summed E-state index contributed by atoms with van der Waals surface area (Å²) in [5.74, 6) is 0.877. The molecule has 1 aliphatic rings. The number of aromatic nitrogens is 1. The summed E-state index contributed by atoms with van der Waals surface area (Å²) in [5, 5.41) is 4.51. The van der Waals surface area contributed by atoms with Crippen LogP contribution in [0.25, 0.3) is 0 Å². The Bertz CT molecular complexity index is 538. The molecule has 23 heavy (non-hydrogen) atoms. The van der Waals surface area contributed by atoms with Crippen molar-refractivity contribution in [3.63, 3.8) is 0 Å². The second-order valence-electron chi connectivity index (χ2n) is 5.26. The van der Waals surface area contributed by atoms with E-state index in [1.807, 2.05) is 13.1 Å². The molecule has 1 saturated heterocycles. The van der Waals surface area contributed by atoms with Crippen molar-refractivity contribution in [2.24, 2.45) is 4.99 Å². The topological polar surface area (TPSA) is 70.1 Å². The van der Waals surface area contributed by atoms with Crippen molar-refractivity contribution in [3.05, 3.63) is 16.1 Å².